The van der Waals surface area contributed by atoms with Crippen LogP contribution in [0.5, 0.6) is 0 Å². The Balaban J connectivity index is 2.34. The number of nitrogens with one attached hydrogen (secondary N) is 2. The van der Waals surface area contributed by atoms with E-state index < -0.39 is 0 Å². The quantitative estimate of drug-likeness (QED) is 0.602. The number of thiocarbonyl (C=S) groups is 1. The molecule has 96 valence electrons. The molecule has 17 heavy (non-hydrogen) atoms. The van der Waals surface area contributed by atoms with Crippen molar-refractivity contribution < 1.29 is 0 Å². The predicted molar refractivity (Wildman–Crippen MR) is 75.0 cm³/mol. The van der Waals surface area contributed by atoms with Crippen molar-refractivity contribution in [3.63, 3.8) is 0 Å². The van der Waals surface area contributed by atoms with Gasteiger partial charge in [0.15, 0.2) is 5.11 Å². The summed E-state index contributed by atoms with van der Waals surface area (Å²) in [6.45, 7) is 8.86. The molecule has 0 radical (unpaired) electrons. The van der Waals surface area contributed by atoms with E-state index in [1.54, 1.807) is 0 Å². The zero-order chi connectivity index (χ0) is 12.7. The molecule has 0 aliphatic carbocycles. The molecular weight excluding hydrogens is 232 g/mol. The minimum absolute atomic E-state index is 0.724. The second kappa shape index (κ2) is 7.27. The highest BCUT2D eigenvalue weighted by Crippen LogP contribution is 2.04. The lowest BCUT2D eigenvalue weighted by molar-refractivity contribution is 0.653. The van der Waals surface area contributed by atoms with Gasteiger partial charge in [-0.2, -0.15) is 5.10 Å². The largest absolute Gasteiger partial charge is 0.363 e. The Bertz CT molecular complexity index is 359. The smallest absolute Gasteiger partial charge is 0.166 e. The van der Waals surface area contributed by atoms with Crippen LogP contribution in [-0.2, 0) is 13.1 Å². The molecule has 0 spiro atoms. The van der Waals surface area contributed by atoms with E-state index >= 15 is 0 Å². The van der Waals surface area contributed by atoms with Gasteiger partial charge < -0.3 is 10.6 Å². The summed E-state index contributed by atoms with van der Waals surface area (Å²) in [5, 5.41) is 11.5. The summed E-state index contributed by atoms with van der Waals surface area (Å²) >= 11 is 5.20. The van der Waals surface area contributed by atoms with Crippen molar-refractivity contribution in [3.8, 4) is 0 Å². The van der Waals surface area contributed by atoms with Gasteiger partial charge in [-0.25, -0.2) is 0 Å². The van der Waals surface area contributed by atoms with E-state index in [0.29, 0.717) is 0 Å². The molecule has 5 heteroatoms. The van der Waals surface area contributed by atoms with Crippen LogP contribution in [0, 0.1) is 6.92 Å². The molecule has 0 atom stereocenters. The van der Waals surface area contributed by atoms with Crippen molar-refractivity contribution in [1.29, 1.82) is 0 Å². The third-order valence-corrected chi connectivity index (χ3v) is 2.92. The fourth-order valence-corrected chi connectivity index (χ4v) is 1.69. The standard InChI is InChI=1S/C12H22N4S/c1-4-6-7-13-12(17)14-8-11-9-16(5-2)15-10(11)3/h9H,4-8H2,1-3H3,(H2,13,14,17). The third kappa shape index (κ3) is 4.73. The molecule has 0 amide bonds. The first-order valence-electron chi connectivity index (χ1n) is 6.22. The van der Waals surface area contributed by atoms with Gasteiger partial charge >= 0.3 is 0 Å². The lowest BCUT2D eigenvalue weighted by Crippen LogP contribution is -2.35. The van der Waals surface area contributed by atoms with Crippen LogP contribution in [-0.4, -0.2) is 21.4 Å². The van der Waals surface area contributed by atoms with Gasteiger partial charge in [-0.3, -0.25) is 4.68 Å². The van der Waals surface area contributed by atoms with E-state index in [1.165, 1.54) is 12.0 Å². The maximum atomic E-state index is 5.20. The van der Waals surface area contributed by atoms with Crippen molar-refractivity contribution in [3.05, 3.63) is 17.5 Å². The Morgan fingerprint density at radius 3 is 2.76 bits per heavy atom. The van der Waals surface area contributed by atoms with Crippen LogP contribution in [0.4, 0.5) is 0 Å². The summed E-state index contributed by atoms with van der Waals surface area (Å²) in [6, 6.07) is 0. The number of nitrogens with zero attached hydrogens (tertiary/aromatic N) is 2. The Labute approximate surface area is 109 Å². The van der Waals surface area contributed by atoms with Crippen LogP contribution in [0.25, 0.3) is 0 Å². The molecule has 1 rings (SSSR count). The second-order valence-corrected chi connectivity index (χ2v) is 4.47. The van der Waals surface area contributed by atoms with Gasteiger partial charge in [0.25, 0.3) is 0 Å². The molecule has 0 aromatic carbocycles. The van der Waals surface area contributed by atoms with Crippen LogP contribution < -0.4 is 10.6 Å². The minimum Gasteiger partial charge on any atom is -0.363 e. The first kappa shape index (κ1) is 14.0. The van der Waals surface area contributed by atoms with Gasteiger partial charge in [0.2, 0.25) is 0 Å². The highest BCUT2D eigenvalue weighted by Gasteiger charge is 2.04. The van der Waals surface area contributed by atoms with Gasteiger partial charge in [0.1, 0.15) is 0 Å². The molecular formula is C12H22N4S. The van der Waals surface area contributed by atoms with E-state index in [9.17, 15) is 0 Å². The molecule has 0 fully saturated rings. The van der Waals surface area contributed by atoms with E-state index in [0.717, 1.165) is 36.9 Å². The van der Waals surface area contributed by atoms with Gasteiger partial charge in [-0.15, -0.1) is 0 Å². The first-order chi connectivity index (χ1) is 8.17. The summed E-state index contributed by atoms with van der Waals surface area (Å²) in [6.07, 6.45) is 4.39. The zero-order valence-electron chi connectivity index (χ0n) is 10.9. The topological polar surface area (TPSA) is 41.9 Å². The summed E-state index contributed by atoms with van der Waals surface area (Å²) in [5.41, 5.74) is 2.27. The monoisotopic (exact) mass is 254 g/mol. The number of hydrogen-bond donors (Lipinski definition) is 2. The summed E-state index contributed by atoms with van der Waals surface area (Å²) in [4.78, 5) is 0. The van der Waals surface area contributed by atoms with Crippen molar-refractivity contribution in [2.75, 3.05) is 6.54 Å². The lowest BCUT2D eigenvalue weighted by atomic mass is 10.3. The van der Waals surface area contributed by atoms with Crippen molar-refractivity contribution in [1.82, 2.24) is 20.4 Å². The fraction of sp³-hybridized carbons (Fsp3) is 0.667. The summed E-state index contributed by atoms with van der Waals surface area (Å²) in [5.74, 6) is 0. The average molecular weight is 254 g/mol. The van der Waals surface area contributed by atoms with E-state index in [2.05, 4.69) is 35.8 Å². The summed E-state index contributed by atoms with van der Waals surface area (Å²) in [7, 11) is 0. The van der Waals surface area contributed by atoms with Crippen LogP contribution in [0.3, 0.4) is 0 Å². The molecule has 0 bridgehead atoms. The SMILES string of the molecule is CCCCNC(=S)NCc1cn(CC)nc1C. The maximum Gasteiger partial charge on any atom is 0.166 e. The highest BCUT2D eigenvalue weighted by molar-refractivity contribution is 7.80. The maximum absolute atomic E-state index is 5.20. The van der Waals surface area contributed by atoms with Crippen LogP contribution >= 0.6 is 12.2 Å². The number of aromatic nitrogens is 2. The van der Waals surface area contributed by atoms with Crippen molar-refractivity contribution in [2.24, 2.45) is 0 Å². The first-order valence-corrected chi connectivity index (χ1v) is 6.62. The van der Waals surface area contributed by atoms with Gasteiger partial charge in [0, 0.05) is 31.4 Å². The summed E-state index contributed by atoms with van der Waals surface area (Å²) < 4.78 is 1.94. The van der Waals surface area contributed by atoms with Crippen molar-refractivity contribution >= 4 is 17.3 Å². The highest BCUT2D eigenvalue weighted by atomic mass is 32.1. The lowest BCUT2D eigenvalue weighted by Gasteiger charge is -2.09. The second-order valence-electron chi connectivity index (χ2n) is 4.06. The Morgan fingerprint density at radius 1 is 1.41 bits per heavy atom. The molecule has 0 saturated heterocycles. The third-order valence-electron chi connectivity index (χ3n) is 2.63. The van der Waals surface area contributed by atoms with Gasteiger partial charge in [-0.1, -0.05) is 13.3 Å². The normalized spacial score (nSPS) is 10.3. The molecule has 1 aromatic heterocycles. The molecule has 1 aromatic rings. The molecule has 0 unspecified atom stereocenters. The number of rotatable bonds is 6. The van der Waals surface area contributed by atoms with Crippen LogP contribution in [0.1, 0.15) is 37.9 Å². The molecule has 2 N–H and O–H groups in total. The number of unbranched alkanes of at least 4 members (excludes halogenated alkanes) is 1. The van der Waals surface area contributed by atoms with Crippen LogP contribution in [0.2, 0.25) is 0 Å². The Kier molecular flexibility index (Phi) is 5.97. The predicted octanol–water partition coefficient (Wildman–Crippen LogP) is 1.98. The van der Waals surface area contributed by atoms with E-state index in [-0.39, 0.29) is 0 Å². The van der Waals surface area contributed by atoms with Gasteiger partial charge in [-0.05, 0) is 32.5 Å². The Morgan fingerprint density at radius 2 is 2.18 bits per heavy atom. The Hall–Kier alpha value is -1.10. The molecule has 0 saturated carbocycles. The fourth-order valence-electron chi connectivity index (χ4n) is 1.51. The van der Waals surface area contributed by atoms with E-state index in [1.807, 2.05) is 11.6 Å². The zero-order valence-corrected chi connectivity index (χ0v) is 11.7. The molecule has 1 heterocycles. The molecule has 0 aliphatic heterocycles. The van der Waals surface area contributed by atoms with Crippen LogP contribution in [0.15, 0.2) is 6.20 Å². The number of hydrogen-bond acceptors (Lipinski definition) is 2. The van der Waals surface area contributed by atoms with E-state index in [4.69, 9.17) is 12.2 Å². The average Bonchev–Trinajstić information content (AvgIpc) is 2.68. The minimum atomic E-state index is 0.724. The van der Waals surface area contributed by atoms with Gasteiger partial charge in [0.05, 0.1) is 5.69 Å². The molecule has 0 aliphatic rings. The number of aryl methyl sites for hydroxylation is 2. The van der Waals surface area contributed by atoms with Crippen molar-refractivity contribution in [2.45, 2.75) is 46.7 Å². The molecule has 4 nitrogen and oxygen atoms in total.